The number of alkyl halides is 3. The second-order valence-corrected chi connectivity index (χ2v) is 5.53. The van der Waals surface area contributed by atoms with E-state index in [1.807, 2.05) is 5.43 Å². The topological polar surface area (TPSA) is 76.7 Å². The number of hydrogen-bond acceptors (Lipinski definition) is 4. The SMILES string of the molecule is CC(Oc1ccc(F)cc1)C(=O)NNC(=O)COc1ccccc1C(F)(F)F. The molecule has 2 aromatic carbocycles. The third-order valence-corrected chi connectivity index (χ3v) is 3.37. The molecule has 2 N–H and O–H groups in total. The number of carbonyl (C=O) groups excluding carboxylic acids is 2. The molecule has 150 valence electrons. The van der Waals surface area contributed by atoms with Gasteiger partial charge in [0.1, 0.15) is 17.3 Å². The van der Waals surface area contributed by atoms with Gasteiger partial charge in [0.25, 0.3) is 11.8 Å². The van der Waals surface area contributed by atoms with Crippen molar-refractivity contribution in [3.8, 4) is 11.5 Å². The minimum absolute atomic E-state index is 0.238. The Morgan fingerprint density at radius 3 is 2.32 bits per heavy atom. The summed E-state index contributed by atoms with van der Waals surface area (Å²) in [6, 6.07) is 9.37. The normalized spacial score (nSPS) is 12.0. The van der Waals surface area contributed by atoms with Gasteiger partial charge >= 0.3 is 6.18 Å². The highest BCUT2D eigenvalue weighted by Crippen LogP contribution is 2.35. The molecule has 0 radical (unpaired) electrons. The Morgan fingerprint density at radius 2 is 1.68 bits per heavy atom. The van der Waals surface area contributed by atoms with Crippen LogP contribution in [0.25, 0.3) is 0 Å². The van der Waals surface area contributed by atoms with Crippen LogP contribution in [-0.2, 0) is 15.8 Å². The van der Waals surface area contributed by atoms with Crippen LogP contribution in [-0.4, -0.2) is 24.5 Å². The summed E-state index contributed by atoms with van der Waals surface area (Å²) >= 11 is 0. The molecule has 0 bridgehead atoms. The van der Waals surface area contributed by atoms with Gasteiger partial charge in [0, 0.05) is 0 Å². The van der Waals surface area contributed by atoms with E-state index >= 15 is 0 Å². The highest BCUT2D eigenvalue weighted by Gasteiger charge is 2.34. The maximum Gasteiger partial charge on any atom is 0.419 e. The highest BCUT2D eigenvalue weighted by molar-refractivity contribution is 5.85. The molecule has 0 fully saturated rings. The number of rotatable bonds is 6. The van der Waals surface area contributed by atoms with Crippen molar-refractivity contribution in [2.24, 2.45) is 0 Å². The second-order valence-electron chi connectivity index (χ2n) is 5.53. The van der Waals surface area contributed by atoms with E-state index < -0.39 is 47.8 Å². The number of hydrazine groups is 1. The third kappa shape index (κ3) is 6.15. The maximum absolute atomic E-state index is 12.8. The van der Waals surface area contributed by atoms with E-state index in [-0.39, 0.29) is 5.75 Å². The number of amides is 2. The average molecular weight is 400 g/mol. The summed E-state index contributed by atoms with van der Waals surface area (Å²) in [5, 5.41) is 0. The number of halogens is 4. The molecule has 1 atom stereocenters. The molecule has 0 saturated heterocycles. The molecule has 2 amide bonds. The van der Waals surface area contributed by atoms with Gasteiger partial charge in [-0.15, -0.1) is 0 Å². The fraction of sp³-hybridized carbons (Fsp3) is 0.222. The van der Waals surface area contributed by atoms with Gasteiger partial charge in [-0.1, -0.05) is 12.1 Å². The largest absolute Gasteiger partial charge is 0.483 e. The second kappa shape index (κ2) is 9.07. The number of ether oxygens (including phenoxy) is 2. The van der Waals surface area contributed by atoms with Gasteiger partial charge in [-0.05, 0) is 43.3 Å². The zero-order chi connectivity index (χ0) is 20.7. The van der Waals surface area contributed by atoms with Crippen LogP contribution in [0, 0.1) is 5.82 Å². The van der Waals surface area contributed by atoms with Gasteiger partial charge in [-0.25, -0.2) is 4.39 Å². The molecule has 0 heterocycles. The maximum atomic E-state index is 12.8. The number of nitrogens with one attached hydrogen (secondary N) is 2. The zero-order valence-electron chi connectivity index (χ0n) is 14.5. The first-order valence-corrected chi connectivity index (χ1v) is 7.97. The summed E-state index contributed by atoms with van der Waals surface area (Å²) in [6.45, 7) is 0.640. The fourth-order valence-corrected chi connectivity index (χ4v) is 2.01. The Bertz CT molecular complexity index is 825. The Balaban J connectivity index is 1.81. The van der Waals surface area contributed by atoms with Crippen LogP contribution in [0.5, 0.6) is 11.5 Å². The van der Waals surface area contributed by atoms with Gasteiger partial charge in [0.05, 0.1) is 5.56 Å². The first-order chi connectivity index (χ1) is 13.2. The van der Waals surface area contributed by atoms with Crippen molar-refractivity contribution in [3.63, 3.8) is 0 Å². The Kier molecular flexibility index (Phi) is 6.80. The van der Waals surface area contributed by atoms with E-state index in [0.29, 0.717) is 0 Å². The summed E-state index contributed by atoms with van der Waals surface area (Å²) < 4.78 is 61.5. The minimum Gasteiger partial charge on any atom is -0.483 e. The van der Waals surface area contributed by atoms with E-state index in [4.69, 9.17) is 9.47 Å². The minimum atomic E-state index is -4.63. The molecular formula is C18H16F4N2O4. The lowest BCUT2D eigenvalue weighted by atomic mass is 10.2. The van der Waals surface area contributed by atoms with Crippen LogP contribution >= 0.6 is 0 Å². The molecule has 0 aromatic heterocycles. The molecule has 0 aliphatic carbocycles. The summed E-state index contributed by atoms with van der Waals surface area (Å²) in [5.41, 5.74) is 3.04. The highest BCUT2D eigenvalue weighted by atomic mass is 19.4. The average Bonchev–Trinajstić information content (AvgIpc) is 2.65. The molecule has 6 nitrogen and oxygen atoms in total. The van der Waals surface area contributed by atoms with Gasteiger partial charge in [-0.3, -0.25) is 20.4 Å². The molecular weight excluding hydrogens is 384 g/mol. The first kappa shape index (κ1) is 21.0. The lowest BCUT2D eigenvalue weighted by Gasteiger charge is -2.16. The van der Waals surface area contributed by atoms with Crippen LogP contribution in [0.4, 0.5) is 17.6 Å². The fourth-order valence-electron chi connectivity index (χ4n) is 2.01. The van der Waals surface area contributed by atoms with E-state index in [9.17, 15) is 27.2 Å². The van der Waals surface area contributed by atoms with Gasteiger partial charge < -0.3 is 9.47 Å². The molecule has 2 aromatic rings. The molecule has 0 aliphatic rings. The summed E-state index contributed by atoms with van der Waals surface area (Å²) in [7, 11) is 0. The van der Waals surface area contributed by atoms with E-state index in [1.165, 1.54) is 31.2 Å². The Labute approximate surface area is 157 Å². The van der Waals surface area contributed by atoms with E-state index in [0.717, 1.165) is 24.3 Å². The smallest absolute Gasteiger partial charge is 0.419 e. The molecule has 0 aliphatic heterocycles. The van der Waals surface area contributed by atoms with Crippen LogP contribution in [0.2, 0.25) is 0 Å². The Morgan fingerprint density at radius 1 is 1.04 bits per heavy atom. The standard InChI is InChI=1S/C18H16F4N2O4/c1-11(28-13-8-6-12(19)7-9-13)17(26)24-23-16(25)10-27-15-5-3-2-4-14(15)18(20,21)22/h2-9,11H,10H2,1H3,(H,23,25)(H,24,26). The summed E-state index contributed by atoms with van der Waals surface area (Å²) in [4.78, 5) is 23.5. The van der Waals surface area contributed by atoms with Crippen molar-refractivity contribution in [2.75, 3.05) is 6.61 Å². The predicted molar refractivity (Wildman–Crippen MR) is 89.7 cm³/mol. The van der Waals surface area contributed by atoms with Crippen molar-refractivity contribution in [3.05, 3.63) is 59.9 Å². The van der Waals surface area contributed by atoms with E-state index in [1.54, 1.807) is 0 Å². The molecule has 0 spiro atoms. The number of para-hydroxylation sites is 1. The van der Waals surface area contributed by atoms with Crippen LogP contribution in [0.15, 0.2) is 48.5 Å². The lowest BCUT2D eigenvalue weighted by molar-refractivity contribution is -0.140. The first-order valence-electron chi connectivity index (χ1n) is 7.97. The van der Waals surface area contributed by atoms with Crippen LogP contribution in [0.1, 0.15) is 12.5 Å². The molecule has 0 saturated carbocycles. The quantitative estimate of drug-likeness (QED) is 0.578. The van der Waals surface area contributed by atoms with Gasteiger partial charge in [0.15, 0.2) is 12.7 Å². The molecule has 28 heavy (non-hydrogen) atoms. The lowest BCUT2D eigenvalue weighted by Crippen LogP contribution is -2.48. The summed E-state index contributed by atoms with van der Waals surface area (Å²) in [5.74, 6) is -2.34. The molecule has 2 rings (SSSR count). The van der Waals surface area contributed by atoms with Crippen LogP contribution in [0.3, 0.4) is 0 Å². The van der Waals surface area contributed by atoms with Crippen molar-refractivity contribution in [1.82, 2.24) is 10.9 Å². The number of hydrogen-bond donors (Lipinski definition) is 2. The zero-order valence-corrected chi connectivity index (χ0v) is 14.5. The predicted octanol–water partition coefficient (Wildman–Crippen LogP) is 2.84. The van der Waals surface area contributed by atoms with Gasteiger partial charge in [0.2, 0.25) is 0 Å². The molecule has 10 heteroatoms. The molecule has 1 unspecified atom stereocenters. The van der Waals surface area contributed by atoms with Crippen molar-refractivity contribution in [2.45, 2.75) is 19.2 Å². The number of carbonyl (C=O) groups is 2. The number of benzene rings is 2. The monoisotopic (exact) mass is 400 g/mol. The van der Waals surface area contributed by atoms with Gasteiger partial charge in [-0.2, -0.15) is 13.2 Å². The Hall–Kier alpha value is -3.30. The van der Waals surface area contributed by atoms with Crippen LogP contribution < -0.4 is 20.3 Å². The third-order valence-electron chi connectivity index (χ3n) is 3.37. The van der Waals surface area contributed by atoms with Crippen molar-refractivity contribution < 1.29 is 36.6 Å². The van der Waals surface area contributed by atoms with Crippen molar-refractivity contribution in [1.29, 1.82) is 0 Å². The summed E-state index contributed by atoms with van der Waals surface area (Å²) in [6.07, 6.45) is -5.66. The van der Waals surface area contributed by atoms with E-state index in [2.05, 4.69) is 5.43 Å². The van der Waals surface area contributed by atoms with Crippen molar-refractivity contribution >= 4 is 11.8 Å².